The molecule has 0 bridgehead atoms. The maximum atomic E-state index is 11.7. The van der Waals surface area contributed by atoms with Crippen LogP contribution >= 0.6 is 0 Å². The lowest BCUT2D eigenvalue weighted by molar-refractivity contribution is -0.384. The van der Waals surface area contributed by atoms with E-state index in [0.717, 1.165) is 25.1 Å². The van der Waals surface area contributed by atoms with E-state index < -0.39 is 4.92 Å². The number of nitrogens with zero attached hydrogens (tertiary/aromatic N) is 2. The number of carbonyl (C=O) groups excluding carboxylic acids is 1. The average molecular weight is 263 g/mol. The van der Waals surface area contributed by atoms with E-state index in [9.17, 15) is 14.9 Å². The fourth-order valence-electron chi connectivity index (χ4n) is 2.41. The monoisotopic (exact) mass is 263 g/mol. The molecule has 6 heteroatoms. The predicted molar refractivity (Wildman–Crippen MR) is 72.1 cm³/mol. The van der Waals surface area contributed by atoms with E-state index in [-0.39, 0.29) is 17.5 Å². The number of amides is 1. The van der Waals surface area contributed by atoms with Gasteiger partial charge in [0.15, 0.2) is 0 Å². The largest absolute Gasteiger partial charge is 0.371 e. The Kier molecular flexibility index (Phi) is 3.99. The fourth-order valence-corrected chi connectivity index (χ4v) is 2.41. The minimum atomic E-state index is -0.409. The average Bonchev–Trinajstić information content (AvgIpc) is 2.46. The minimum absolute atomic E-state index is 0.00561. The number of hydrogen-bond acceptors (Lipinski definition) is 4. The van der Waals surface area contributed by atoms with Crippen LogP contribution in [0.5, 0.6) is 0 Å². The zero-order valence-corrected chi connectivity index (χ0v) is 10.8. The highest BCUT2D eigenvalue weighted by Crippen LogP contribution is 2.25. The summed E-state index contributed by atoms with van der Waals surface area (Å²) in [5, 5.41) is 13.3. The van der Waals surface area contributed by atoms with Crippen molar-refractivity contribution < 1.29 is 9.72 Å². The van der Waals surface area contributed by atoms with Crippen molar-refractivity contribution in [1.29, 1.82) is 0 Å². The van der Waals surface area contributed by atoms with Gasteiger partial charge in [0.25, 0.3) is 5.69 Å². The Hall–Kier alpha value is -2.11. The number of nitrogens with one attached hydrogen (secondary N) is 1. The van der Waals surface area contributed by atoms with Gasteiger partial charge in [-0.05, 0) is 25.0 Å². The molecule has 102 valence electrons. The van der Waals surface area contributed by atoms with Gasteiger partial charge in [-0.2, -0.15) is 0 Å². The van der Waals surface area contributed by atoms with E-state index in [4.69, 9.17) is 0 Å². The normalized spacial score (nSPS) is 19.0. The number of non-ortho nitro benzene ring substituents is 1. The van der Waals surface area contributed by atoms with Crippen LogP contribution in [0.2, 0.25) is 0 Å². The topological polar surface area (TPSA) is 75.5 Å². The van der Waals surface area contributed by atoms with E-state index in [0.29, 0.717) is 6.54 Å². The SMILES string of the molecule is CNC(=O)[C@H]1CCCN(c2ccc([N+](=O)[O-])cc2)C1. The molecule has 2 rings (SSSR count). The van der Waals surface area contributed by atoms with Gasteiger partial charge in [-0.15, -0.1) is 0 Å². The van der Waals surface area contributed by atoms with Crippen LogP contribution in [-0.4, -0.2) is 31.0 Å². The number of anilines is 1. The first-order valence-electron chi connectivity index (χ1n) is 6.33. The lowest BCUT2D eigenvalue weighted by atomic mass is 9.96. The van der Waals surface area contributed by atoms with Crippen molar-refractivity contribution in [2.75, 3.05) is 25.0 Å². The molecule has 1 heterocycles. The lowest BCUT2D eigenvalue weighted by Crippen LogP contribution is -2.42. The second-order valence-electron chi connectivity index (χ2n) is 4.67. The van der Waals surface area contributed by atoms with Gasteiger partial charge in [0.2, 0.25) is 5.91 Å². The summed E-state index contributed by atoms with van der Waals surface area (Å²) in [4.78, 5) is 24.0. The molecule has 1 aromatic rings. The maximum Gasteiger partial charge on any atom is 0.269 e. The summed E-state index contributed by atoms with van der Waals surface area (Å²) in [6, 6.07) is 6.48. The summed E-state index contributed by atoms with van der Waals surface area (Å²) in [5.41, 5.74) is 1.02. The Morgan fingerprint density at radius 1 is 1.42 bits per heavy atom. The quantitative estimate of drug-likeness (QED) is 0.663. The summed E-state index contributed by atoms with van der Waals surface area (Å²) in [5.74, 6) is 0.0561. The molecule has 1 amide bonds. The van der Waals surface area contributed by atoms with E-state index in [1.165, 1.54) is 12.1 Å². The highest BCUT2D eigenvalue weighted by molar-refractivity contribution is 5.79. The van der Waals surface area contributed by atoms with Gasteiger partial charge in [0.05, 0.1) is 10.8 Å². The summed E-state index contributed by atoms with van der Waals surface area (Å²) >= 11 is 0. The zero-order valence-electron chi connectivity index (χ0n) is 10.8. The molecule has 1 N–H and O–H groups in total. The minimum Gasteiger partial charge on any atom is -0.371 e. The Balaban J connectivity index is 2.08. The molecule has 0 aliphatic carbocycles. The Labute approximate surface area is 111 Å². The van der Waals surface area contributed by atoms with Crippen molar-refractivity contribution in [2.24, 2.45) is 5.92 Å². The molecule has 6 nitrogen and oxygen atoms in total. The molecule has 19 heavy (non-hydrogen) atoms. The molecule has 1 aliphatic heterocycles. The second kappa shape index (κ2) is 5.69. The van der Waals surface area contributed by atoms with E-state index in [1.807, 2.05) is 0 Å². The predicted octanol–water partition coefficient (Wildman–Crippen LogP) is 1.56. The Morgan fingerprint density at radius 2 is 2.11 bits per heavy atom. The van der Waals surface area contributed by atoms with Crippen LogP contribution in [0.3, 0.4) is 0 Å². The number of piperidine rings is 1. The zero-order chi connectivity index (χ0) is 13.8. The second-order valence-corrected chi connectivity index (χ2v) is 4.67. The third kappa shape index (κ3) is 3.01. The molecule has 0 radical (unpaired) electrons. The van der Waals surface area contributed by atoms with Gasteiger partial charge < -0.3 is 10.2 Å². The van der Waals surface area contributed by atoms with Crippen molar-refractivity contribution >= 4 is 17.3 Å². The summed E-state index contributed by atoms with van der Waals surface area (Å²) in [6.45, 7) is 1.54. The van der Waals surface area contributed by atoms with Crippen molar-refractivity contribution in [1.82, 2.24) is 5.32 Å². The van der Waals surface area contributed by atoms with Gasteiger partial charge in [-0.3, -0.25) is 14.9 Å². The van der Waals surface area contributed by atoms with E-state index in [1.54, 1.807) is 19.2 Å². The molecule has 1 fully saturated rings. The first-order valence-corrected chi connectivity index (χ1v) is 6.33. The molecule has 1 saturated heterocycles. The van der Waals surface area contributed by atoms with Gasteiger partial charge in [0, 0.05) is 38.0 Å². The fraction of sp³-hybridized carbons (Fsp3) is 0.462. The van der Waals surface area contributed by atoms with Crippen LogP contribution in [0, 0.1) is 16.0 Å². The molecule has 1 aliphatic rings. The van der Waals surface area contributed by atoms with Crippen LogP contribution in [0.15, 0.2) is 24.3 Å². The van der Waals surface area contributed by atoms with Crippen LogP contribution in [0.25, 0.3) is 0 Å². The molecular formula is C13H17N3O3. The first kappa shape index (κ1) is 13.3. The van der Waals surface area contributed by atoms with Crippen LogP contribution < -0.4 is 10.2 Å². The Bertz CT molecular complexity index is 473. The van der Waals surface area contributed by atoms with Crippen LogP contribution in [-0.2, 0) is 4.79 Å². The first-order chi connectivity index (χ1) is 9.11. The summed E-state index contributed by atoms with van der Waals surface area (Å²) < 4.78 is 0. The number of hydrogen-bond donors (Lipinski definition) is 1. The number of carbonyl (C=O) groups is 1. The van der Waals surface area contributed by atoms with Crippen LogP contribution in [0.1, 0.15) is 12.8 Å². The molecule has 0 spiro atoms. The van der Waals surface area contributed by atoms with Gasteiger partial charge in [0.1, 0.15) is 0 Å². The lowest BCUT2D eigenvalue weighted by Gasteiger charge is -2.33. The molecule has 1 atom stereocenters. The van der Waals surface area contributed by atoms with Crippen molar-refractivity contribution in [3.8, 4) is 0 Å². The molecule has 0 unspecified atom stereocenters. The standard InChI is InChI=1S/C13H17N3O3/c1-14-13(17)10-3-2-8-15(9-10)11-4-6-12(7-5-11)16(18)19/h4-7,10H,2-3,8-9H2,1H3,(H,14,17)/t10-/m0/s1. The molecular weight excluding hydrogens is 246 g/mol. The van der Waals surface area contributed by atoms with Crippen molar-refractivity contribution in [3.05, 3.63) is 34.4 Å². The molecule has 0 aromatic heterocycles. The van der Waals surface area contributed by atoms with Gasteiger partial charge in [-0.25, -0.2) is 0 Å². The third-order valence-electron chi connectivity index (χ3n) is 3.46. The van der Waals surface area contributed by atoms with Crippen LogP contribution in [0.4, 0.5) is 11.4 Å². The smallest absolute Gasteiger partial charge is 0.269 e. The molecule has 0 saturated carbocycles. The third-order valence-corrected chi connectivity index (χ3v) is 3.46. The van der Waals surface area contributed by atoms with E-state index in [2.05, 4.69) is 10.2 Å². The number of nitro groups is 1. The maximum absolute atomic E-state index is 11.7. The summed E-state index contributed by atoms with van der Waals surface area (Å²) in [6.07, 6.45) is 1.85. The van der Waals surface area contributed by atoms with Gasteiger partial charge in [-0.1, -0.05) is 0 Å². The highest BCUT2D eigenvalue weighted by atomic mass is 16.6. The number of rotatable bonds is 3. The summed E-state index contributed by atoms with van der Waals surface area (Å²) in [7, 11) is 1.65. The molecule has 1 aromatic carbocycles. The highest BCUT2D eigenvalue weighted by Gasteiger charge is 2.25. The van der Waals surface area contributed by atoms with Crippen molar-refractivity contribution in [2.45, 2.75) is 12.8 Å². The Morgan fingerprint density at radius 3 is 2.68 bits per heavy atom. The van der Waals surface area contributed by atoms with E-state index >= 15 is 0 Å². The van der Waals surface area contributed by atoms with Gasteiger partial charge >= 0.3 is 0 Å². The number of nitro benzene ring substituents is 1. The van der Waals surface area contributed by atoms with Crippen molar-refractivity contribution in [3.63, 3.8) is 0 Å². The number of benzene rings is 1.